The summed E-state index contributed by atoms with van der Waals surface area (Å²) < 4.78 is 59.0. The second-order valence-electron chi connectivity index (χ2n) is 34.5. The van der Waals surface area contributed by atoms with E-state index in [-0.39, 0.29) is 107 Å². The first-order valence-electron chi connectivity index (χ1n) is 44.3. The number of fused-ring (bicyclic) bond motifs is 1. The summed E-state index contributed by atoms with van der Waals surface area (Å²) in [5.74, 6) is -22.1. The fourth-order valence-electron chi connectivity index (χ4n) is 16.0. The number of phenolic OH excluding ortho intramolecular Hbond substituents is 1. The number of β-amino-alcohol motifs (C(OH)–C–C–N with tert-alkyl or cyclic N) is 1. The number of likely N-dealkylation sites (N-methyl/N-ethyl adjacent to an activating group) is 3. The summed E-state index contributed by atoms with van der Waals surface area (Å²) in [4.78, 5) is 237. The highest BCUT2D eigenvalue weighted by Crippen LogP contribution is 2.29. The van der Waals surface area contributed by atoms with Gasteiger partial charge in [0.1, 0.15) is 84.3 Å². The second kappa shape index (κ2) is 50.8. The number of halogens is 4. The van der Waals surface area contributed by atoms with E-state index in [0.717, 1.165) is 14.7 Å². The Morgan fingerprint density at radius 3 is 1.78 bits per heavy atom. The van der Waals surface area contributed by atoms with Crippen LogP contribution in [0.2, 0.25) is 0 Å². The number of carbonyl (C=O) groups excluding carboxylic acids is 15. The minimum Gasteiger partial charge on any atom is -0.508 e. The average Bonchev–Trinajstić information content (AvgIpc) is 1.54. The van der Waals surface area contributed by atoms with Gasteiger partial charge in [-0.15, -0.1) is 11.8 Å². The van der Waals surface area contributed by atoms with Gasteiger partial charge in [0.15, 0.2) is 17.5 Å². The maximum atomic E-state index is 15.4. The summed E-state index contributed by atoms with van der Waals surface area (Å²) in [5, 5.41) is 52.1. The summed E-state index contributed by atoms with van der Waals surface area (Å²) in [6, 6.07) is 8.03. The molecule has 134 heavy (non-hydrogen) atoms. The number of hydrogen-bond acceptors (Lipinski definition) is 21. The third-order valence-corrected chi connectivity index (χ3v) is 24.5. The van der Waals surface area contributed by atoms with Crippen molar-refractivity contribution in [3.8, 4) is 5.75 Å². The molecule has 2 unspecified atom stereocenters. The van der Waals surface area contributed by atoms with Crippen LogP contribution in [0.25, 0.3) is 10.9 Å². The minimum atomic E-state index is -1.88. The van der Waals surface area contributed by atoms with Crippen molar-refractivity contribution in [3.05, 3.63) is 173 Å². The lowest BCUT2D eigenvalue weighted by Crippen LogP contribution is -2.61. The van der Waals surface area contributed by atoms with Crippen molar-refractivity contribution < 1.29 is 110 Å². The van der Waals surface area contributed by atoms with E-state index in [0.29, 0.717) is 69.9 Å². The van der Waals surface area contributed by atoms with E-state index < -0.39 is 240 Å². The zero-order valence-electron chi connectivity index (χ0n) is 76.0. The average molecular weight is 1890 g/mol. The van der Waals surface area contributed by atoms with Crippen molar-refractivity contribution in [2.75, 3.05) is 58.8 Å². The Balaban J connectivity index is 1.04. The molecule has 0 saturated carbocycles. The van der Waals surface area contributed by atoms with Crippen molar-refractivity contribution in [2.24, 2.45) is 29.0 Å². The van der Waals surface area contributed by atoms with Crippen LogP contribution >= 0.6 is 11.8 Å². The predicted molar refractivity (Wildman–Crippen MR) is 486 cm³/mol. The lowest BCUT2D eigenvalue weighted by Gasteiger charge is -2.37. The maximum Gasteiger partial charge on any atom is 0.305 e. The molecular formula is C93H121F4N17O19S. The van der Waals surface area contributed by atoms with Crippen LogP contribution in [0.15, 0.2) is 121 Å². The quantitative estimate of drug-likeness (QED) is 0.0147. The fraction of sp³-hybridized carbons (Fsp3) is 0.484. The van der Waals surface area contributed by atoms with E-state index in [1.165, 1.54) is 79.5 Å². The number of likely N-dealkylation sites (tertiary alicyclic amines) is 2. The zero-order valence-corrected chi connectivity index (χ0v) is 76.8. The Labute approximate surface area is 777 Å². The van der Waals surface area contributed by atoms with Crippen LogP contribution in [0.1, 0.15) is 127 Å². The monoisotopic (exact) mass is 1890 g/mol. The predicted octanol–water partition coefficient (Wildman–Crippen LogP) is 1.74. The van der Waals surface area contributed by atoms with Gasteiger partial charge in [-0.25, -0.2) is 17.6 Å². The van der Waals surface area contributed by atoms with Crippen LogP contribution in [0.3, 0.4) is 0 Å². The topological polar surface area (TPSA) is 540 Å². The van der Waals surface area contributed by atoms with Crippen LogP contribution in [0, 0.1) is 35.1 Å². The second-order valence-corrected chi connectivity index (χ2v) is 35.5. The number of unbranched alkanes of at least 4 members (excludes halogenated alkanes) is 1. The molecule has 2 aliphatic rings. The van der Waals surface area contributed by atoms with E-state index in [1.807, 2.05) is 0 Å². The molecule has 14 atom stereocenters. The van der Waals surface area contributed by atoms with Gasteiger partial charge in [0.25, 0.3) is 0 Å². The van der Waals surface area contributed by atoms with Crippen molar-refractivity contribution in [1.29, 1.82) is 0 Å². The van der Waals surface area contributed by atoms with Gasteiger partial charge >= 0.3 is 5.97 Å². The molecule has 5 aromatic carbocycles. The number of carboxylic acid groups (broad SMARTS) is 1. The number of thioether (sulfide) groups is 1. The van der Waals surface area contributed by atoms with Crippen LogP contribution < -0.4 is 59.7 Å². The summed E-state index contributed by atoms with van der Waals surface area (Å²) in [7, 11) is 3.83. The molecule has 0 radical (unpaired) electrons. The number of aliphatic hydroxyl groups is 1. The van der Waals surface area contributed by atoms with Crippen molar-refractivity contribution >= 4 is 118 Å². The van der Waals surface area contributed by atoms with Crippen LogP contribution in [-0.2, 0) is 109 Å². The number of carbonyl (C=O) groups is 16. The Morgan fingerprint density at radius 1 is 0.590 bits per heavy atom. The maximum absolute atomic E-state index is 15.4. The lowest BCUT2D eigenvalue weighted by atomic mass is 9.99. The highest BCUT2D eigenvalue weighted by atomic mass is 32.2. The molecule has 726 valence electrons. The van der Waals surface area contributed by atoms with Gasteiger partial charge < -0.3 is 109 Å². The molecule has 0 aliphatic carbocycles. The standard InChI is InChI=1S/C93H121F4N17O19S/c1-9-10-23-73(92(132)114-47-61(117)44-75(114)88(128)103-59(48-115)43-79(120)121)110(6)91(131)76(41-53-18-12-11-13-19-53)112(8)89(129)70(39-56-36-63(95)80(97)64(96)37-56)104-78(119)50-134-49-71(82(122)102-46-77(99)118)109-83(123)67(35-51(2)3)106-84(124)68(38-54-27-31-60(116)32-28-54)107-85(125)69(42-57-45-101-65-21-15-14-20-62(57)65)108-86(126)72-24-17-34-113(72)90(130)66(22-16-33-98)105-87(127)74(40-55-25-29-58(94)30-26-55)111(7)93(133)81(100)52(4)5/h11-15,18-21,25-32,36-37,45,48,51-52,59,61,66-76,81,101,116-117H,9-10,16-17,22-24,33-35,38-44,46-47,49-50,98,100H2,1-8H3,(H2,99,118)(H,102,122)(H,103,128)(H,104,119)(H,105,127)(H,106,124)(H,107,125)(H,108,126)(H,109,123)(H,120,121)/t59-,61-,66-,67-,68-,69-,70-,71-,72+,73-,74?,75+,76?,81-/m0/s1. The number of aliphatic carboxylic acids is 1. The molecular weight excluding hydrogens is 1770 g/mol. The van der Waals surface area contributed by atoms with Gasteiger partial charge in [0, 0.05) is 95.6 Å². The highest BCUT2D eigenvalue weighted by molar-refractivity contribution is 8.00. The van der Waals surface area contributed by atoms with E-state index in [1.54, 1.807) is 95.4 Å². The largest absolute Gasteiger partial charge is 0.508 e. The third-order valence-electron chi connectivity index (χ3n) is 23.5. The molecule has 0 spiro atoms. The number of aromatic nitrogens is 1. The number of aromatic amines is 1. The number of carboxylic acids is 1. The highest BCUT2D eigenvalue weighted by Gasteiger charge is 2.47. The van der Waals surface area contributed by atoms with Gasteiger partial charge in [-0.3, -0.25) is 71.9 Å². The van der Waals surface area contributed by atoms with Gasteiger partial charge in [-0.05, 0) is 127 Å². The fourth-order valence-corrected chi connectivity index (χ4v) is 16.9. The number of nitrogens with two attached hydrogens (primary N) is 3. The third kappa shape index (κ3) is 30.3. The number of aromatic hydroxyl groups is 1. The molecule has 6 aromatic rings. The first kappa shape index (κ1) is 106. The normalized spacial score (nSPS) is 16.6. The molecule has 1 aromatic heterocycles. The number of H-pyrrole nitrogens is 1. The number of nitrogens with one attached hydrogen (secondary N) is 9. The van der Waals surface area contributed by atoms with Crippen molar-refractivity contribution in [2.45, 2.75) is 216 Å². The Bertz CT molecular complexity index is 5120. The molecule has 3 heterocycles. The molecule has 0 bridgehead atoms. The molecule has 41 heteroatoms. The number of primary amides is 1. The molecule has 2 fully saturated rings. The van der Waals surface area contributed by atoms with E-state index in [2.05, 4.69) is 47.5 Å². The van der Waals surface area contributed by atoms with Gasteiger partial charge in [0.2, 0.25) is 82.7 Å². The number of rotatable bonds is 50. The van der Waals surface area contributed by atoms with E-state index in [9.17, 15) is 67.3 Å². The molecule has 2 saturated heterocycles. The summed E-state index contributed by atoms with van der Waals surface area (Å²) in [6.07, 6.45) is -1.26. The van der Waals surface area contributed by atoms with Gasteiger partial charge in [0.05, 0.1) is 36.9 Å². The minimum absolute atomic E-state index is 0.0109. The number of para-hydroxylation sites is 1. The van der Waals surface area contributed by atoms with Crippen molar-refractivity contribution in [3.63, 3.8) is 0 Å². The Morgan fingerprint density at radius 2 is 1.16 bits per heavy atom. The SMILES string of the molecule is CCCC[C@@H](C(=O)N1C[C@@H](O)C[C@@H]1C(=O)N[C@H](C=O)CC(=O)O)N(C)C(=O)C(Cc1ccccc1)N(C)C(=O)[C@H](Cc1cc(F)c(F)c(F)c1)NC(=O)CSC[C@H](NC(=O)[C@H](CC(C)C)NC(=O)[C@H](Cc1ccc(O)cc1)NC(=O)[C@H](Cc1c[nH]c2ccccc12)NC(=O)[C@H]1CCCN1C(=O)[C@H](CCCN)NC(=O)C(Cc1ccc(F)cc1)N(C)C(=O)[C@@H](N)C(C)C)C(=O)NCC(N)=O. The smallest absolute Gasteiger partial charge is 0.305 e. The van der Waals surface area contributed by atoms with Gasteiger partial charge in [-0.1, -0.05) is 120 Å². The van der Waals surface area contributed by atoms with Crippen molar-refractivity contribution in [1.82, 2.24) is 72.0 Å². The molecule has 36 nitrogen and oxygen atoms in total. The summed E-state index contributed by atoms with van der Waals surface area (Å²) >= 11 is 0.658. The molecule has 2 aliphatic heterocycles. The first-order chi connectivity index (χ1) is 63.6. The number of aliphatic hydroxyl groups excluding tert-OH is 1. The van der Waals surface area contributed by atoms with Crippen LogP contribution in [0.4, 0.5) is 17.6 Å². The lowest BCUT2D eigenvalue weighted by molar-refractivity contribution is -0.152. The van der Waals surface area contributed by atoms with E-state index >= 15 is 42.3 Å². The number of amides is 14. The Hall–Kier alpha value is -12.9. The number of nitrogens with zero attached hydrogens (tertiary/aromatic N) is 5. The van der Waals surface area contributed by atoms with E-state index in [4.69, 9.17) is 17.2 Å². The number of phenols is 1. The Kier molecular flexibility index (Phi) is 40.4. The van der Waals surface area contributed by atoms with Gasteiger partial charge in [-0.2, -0.15) is 0 Å². The number of benzene rings is 5. The molecule has 18 N–H and O–H groups in total. The van der Waals surface area contributed by atoms with Crippen LogP contribution in [-0.4, -0.2) is 283 Å². The zero-order chi connectivity index (χ0) is 98.5. The number of aldehydes is 1. The summed E-state index contributed by atoms with van der Waals surface area (Å²) in [6.45, 7) is 7.53. The molecule has 8 rings (SSSR count). The first-order valence-corrected chi connectivity index (χ1v) is 45.5. The van der Waals surface area contributed by atoms with Crippen LogP contribution in [0.5, 0.6) is 5.75 Å². The number of hydrogen-bond donors (Lipinski definition) is 15. The summed E-state index contributed by atoms with van der Waals surface area (Å²) in [5.41, 5.74) is 19.8. The molecule has 14 amide bonds.